The first kappa shape index (κ1) is 17.7. The zero-order valence-corrected chi connectivity index (χ0v) is 15.1. The summed E-state index contributed by atoms with van der Waals surface area (Å²) in [6.45, 7) is 1.90. The number of aryl methyl sites for hydroxylation is 1. The fourth-order valence-corrected chi connectivity index (χ4v) is 2.85. The number of fused-ring (bicyclic) bond motifs is 1. The van der Waals surface area contributed by atoms with Crippen LogP contribution in [-0.2, 0) is 17.8 Å². The molecule has 7 heteroatoms. The van der Waals surface area contributed by atoms with E-state index in [-0.39, 0.29) is 23.8 Å². The molecule has 0 atom stereocenters. The maximum atomic E-state index is 12.3. The number of nitrogens with zero attached hydrogens (tertiary/aromatic N) is 2. The lowest BCUT2D eigenvalue weighted by molar-refractivity contribution is 0.0423. The van der Waals surface area contributed by atoms with Crippen LogP contribution in [0.3, 0.4) is 0 Å². The SMILES string of the molecule is CCc1ccc(-c2noc(COC(=O)c3cc4ccccc4c(=O)[nH]3)n2)cc1. The Hall–Kier alpha value is -3.74. The summed E-state index contributed by atoms with van der Waals surface area (Å²) in [5, 5.41) is 5.08. The van der Waals surface area contributed by atoms with Gasteiger partial charge in [-0.3, -0.25) is 4.79 Å². The van der Waals surface area contributed by atoms with Crippen LogP contribution in [-0.4, -0.2) is 21.1 Å². The summed E-state index contributed by atoms with van der Waals surface area (Å²) in [5.74, 6) is -0.0752. The van der Waals surface area contributed by atoms with Crippen molar-refractivity contribution in [3.8, 4) is 11.4 Å². The molecule has 2 aromatic heterocycles. The van der Waals surface area contributed by atoms with Crippen LogP contribution >= 0.6 is 0 Å². The maximum absolute atomic E-state index is 12.3. The minimum absolute atomic E-state index is 0.0681. The molecule has 0 unspecified atom stereocenters. The summed E-state index contributed by atoms with van der Waals surface area (Å²) in [5.41, 5.74) is 1.75. The molecule has 2 aromatic carbocycles. The third-order valence-corrected chi connectivity index (χ3v) is 4.39. The van der Waals surface area contributed by atoms with Gasteiger partial charge in [-0.1, -0.05) is 54.5 Å². The first-order chi connectivity index (χ1) is 13.6. The van der Waals surface area contributed by atoms with Crippen LogP contribution < -0.4 is 5.56 Å². The summed E-state index contributed by atoms with van der Waals surface area (Å²) >= 11 is 0. The number of benzene rings is 2. The van der Waals surface area contributed by atoms with E-state index in [1.165, 1.54) is 5.56 Å². The van der Waals surface area contributed by atoms with Crippen molar-refractivity contribution >= 4 is 16.7 Å². The van der Waals surface area contributed by atoms with Gasteiger partial charge in [-0.05, 0) is 29.5 Å². The van der Waals surface area contributed by atoms with E-state index in [0.717, 1.165) is 12.0 Å². The van der Waals surface area contributed by atoms with Crippen LogP contribution in [0.15, 0.2) is 63.9 Å². The van der Waals surface area contributed by atoms with E-state index in [1.807, 2.05) is 24.3 Å². The van der Waals surface area contributed by atoms with Crippen molar-refractivity contribution in [1.29, 1.82) is 0 Å². The van der Waals surface area contributed by atoms with Gasteiger partial charge >= 0.3 is 5.97 Å². The smallest absolute Gasteiger partial charge is 0.355 e. The lowest BCUT2D eigenvalue weighted by atomic mass is 10.1. The summed E-state index contributed by atoms with van der Waals surface area (Å²) in [4.78, 5) is 31.1. The van der Waals surface area contributed by atoms with E-state index in [4.69, 9.17) is 9.26 Å². The van der Waals surface area contributed by atoms with Gasteiger partial charge in [0.05, 0.1) is 0 Å². The molecule has 4 aromatic rings. The van der Waals surface area contributed by atoms with Crippen LogP contribution in [0.5, 0.6) is 0 Å². The molecule has 0 fully saturated rings. The molecule has 0 aliphatic rings. The largest absolute Gasteiger partial charge is 0.451 e. The van der Waals surface area contributed by atoms with Crippen molar-refractivity contribution in [2.75, 3.05) is 0 Å². The highest BCUT2D eigenvalue weighted by Crippen LogP contribution is 2.17. The van der Waals surface area contributed by atoms with Gasteiger partial charge in [0, 0.05) is 10.9 Å². The van der Waals surface area contributed by atoms with Gasteiger partial charge in [-0.2, -0.15) is 4.98 Å². The predicted molar refractivity (Wildman–Crippen MR) is 103 cm³/mol. The quantitative estimate of drug-likeness (QED) is 0.536. The van der Waals surface area contributed by atoms with E-state index in [2.05, 4.69) is 22.0 Å². The Balaban J connectivity index is 1.46. The van der Waals surface area contributed by atoms with Gasteiger partial charge in [-0.25, -0.2) is 4.79 Å². The highest BCUT2D eigenvalue weighted by atomic mass is 16.6. The van der Waals surface area contributed by atoms with Crippen LogP contribution in [0.2, 0.25) is 0 Å². The minimum Gasteiger partial charge on any atom is -0.451 e. The number of nitrogens with one attached hydrogen (secondary N) is 1. The first-order valence-electron chi connectivity index (χ1n) is 8.85. The number of ether oxygens (including phenoxy) is 1. The van der Waals surface area contributed by atoms with Gasteiger partial charge in [0.2, 0.25) is 5.82 Å². The predicted octanol–water partition coefficient (Wildman–Crippen LogP) is 3.50. The van der Waals surface area contributed by atoms with E-state index >= 15 is 0 Å². The number of carbonyl (C=O) groups is 1. The zero-order chi connectivity index (χ0) is 19.5. The van der Waals surface area contributed by atoms with E-state index in [9.17, 15) is 9.59 Å². The van der Waals surface area contributed by atoms with E-state index < -0.39 is 5.97 Å². The number of rotatable bonds is 5. The molecule has 0 saturated carbocycles. The van der Waals surface area contributed by atoms with Crippen molar-refractivity contribution in [2.45, 2.75) is 20.0 Å². The number of pyridine rings is 1. The maximum Gasteiger partial charge on any atom is 0.355 e. The lowest BCUT2D eigenvalue weighted by Crippen LogP contribution is -2.15. The molecular formula is C21H17N3O4. The molecule has 4 rings (SSSR count). The van der Waals surface area contributed by atoms with E-state index in [0.29, 0.717) is 16.6 Å². The molecule has 0 bridgehead atoms. The number of hydrogen-bond donors (Lipinski definition) is 1. The average Bonchev–Trinajstić information content (AvgIpc) is 3.21. The van der Waals surface area contributed by atoms with Crippen molar-refractivity contribution in [1.82, 2.24) is 15.1 Å². The Morgan fingerprint density at radius 3 is 2.71 bits per heavy atom. The Morgan fingerprint density at radius 1 is 1.14 bits per heavy atom. The topological polar surface area (TPSA) is 98.1 Å². The van der Waals surface area contributed by atoms with Crippen molar-refractivity contribution in [3.05, 3.63) is 82.1 Å². The van der Waals surface area contributed by atoms with Gasteiger partial charge in [0.15, 0.2) is 6.61 Å². The molecule has 0 radical (unpaired) electrons. The van der Waals surface area contributed by atoms with Crippen molar-refractivity contribution < 1.29 is 14.1 Å². The zero-order valence-electron chi connectivity index (χ0n) is 15.1. The number of aromatic amines is 1. The van der Waals surface area contributed by atoms with Gasteiger partial charge in [0.1, 0.15) is 5.69 Å². The summed E-state index contributed by atoms with van der Waals surface area (Å²) in [6, 6.07) is 16.4. The lowest BCUT2D eigenvalue weighted by Gasteiger charge is -2.03. The third kappa shape index (κ3) is 3.55. The third-order valence-electron chi connectivity index (χ3n) is 4.39. The Morgan fingerprint density at radius 2 is 1.93 bits per heavy atom. The number of aromatic nitrogens is 3. The Bertz CT molecular complexity index is 1190. The van der Waals surface area contributed by atoms with Crippen LogP contribution in [0, 0.1) is 0 Å². The number of hydrogen-bond acceptors (Lipinski definition) is 6. The molecule has 28 heavy (non-hydrogen) atoms. The van der Waals surface area contributed by atoms with Crippen LogP contribution in [0.4, 0.5) is 0 Å². The second-order valence-electron chi connectivity index (χ2n) is 6.24. The monoisotopic (exact) mass is 375 g/mol. The Kier molecular flexibility index (Phi) is 4.72. The van der Waals surface area contributed by atoms with E-state index in [1.54, 1.807) is 30.3 Å². The average molecular weight is 375 g/mol. The first-order valence-corrected chi connectivity index (χ1v) is 8.85. The second-order valence-corrected chi connectivity index (χ2v) is 6.24. The van der Waals surface area contributed by atoms with Gasteiger partial charge in [-0.15, -0.1) is 0 Å². The fraction of sp³-hybridized carbons (Fsp3) is 0.143. The molecule has 0 aliphatic carbocycles. The highest BCUT2D eigenvalue weighted by molar-refractivity contribution is 5.92. The second kappa shape index (κ2) is 7.48. The number of H-pyrrole nitrogens is 1. The number of esters is 1. The van der Waals surface area contributed by atoms with Gasteiger partial charge in [0.25, 0.3) is 11.4 Å². The molecule has 1 N–H and O–H groups in total. The molecule has 0 aliphatic heterocycles. The Labute approximate surface area is 160 Å². The standard InChI is InChI=1S/C21H17N3O4/c1-2-13-7-9-14(10-8-13)19-23-18(28-24-19)12-27-21(26)17-11-15-5-3-4-6-16(15)20(25)22-17/h3-11H,2,12H2,1H3,(H,22,25). The molecule has 7 nitrogen and oxygen atoms in total. The van der Waals surface area contributed by atoms with Crippen LogP contribution in [0.1, 0.15) is 28.9 Å². The minimum atomic E-state index is -0.671. The molecular weight excluding hydrogens is 358 g/mol. The summed E-state index contributed by atoms with van der Waals surface area (Å²) in [7, 11) is 0. The summed E-state index contributed by atoms with van der Waals surface area (Å²) < 4.78 is 10.3. The highest BCUT2D eigenvalue weighted by Gasteiger charge is 2.14. The van der Waals surface area contributed by atoms with Crippen LogP contribution in [0.25, 0.3) is 22.2 Å². The molecule has 140 valence electrons. The van der Waals surface area contributed by atoms with Crippen molar-refractivity contribution in [3.63, 3.8) is 0 Å². The molecule has 0 saturated heterocycles. The number of carbonyl (C=O) groups excluding carboxylic acids is 1. The molecule has 0 amide bonds. The normalized spacial score (nSPS) is 10.9. The molecule has 2 heterocycles. The summed E-state index contributed by atoms with van der Waals surface area (Å²) in [6.07, 6.45) is 0.949. The molecule has 0 spiro atoms. The van der Waals surface area contributed by atoms with Crippen molar-refractivity contribution in [2.24, 2.45) is 0 Å². The fourth-order valence-electron chi connectivity index (χ4n) is 2.85. The van der Waals surface area contributed by atoms with Gasteiger partial charge < -0.3 is 14.2 Å².